The van der Waals surface area contributed by atoms with Crippen LogP contribution in [0.1, 0.15) is 77.0 Å². The molecular weight excluding hydrogens is 620 g/mol. The SMILES string of the molecule is NC1NC(=O)OC2CCC=CC3=C(C2)C(CCCC=C3)OC(=O)NC(N)NC(=O)OC2CCC=CC3=C(C2)C(CCCC=C3)OC(=O)N1. The van der Waals surface area contributed by atoms with Crippen molar-refractivity contribution in [2.24, 2.45) is 11.5 Å². The molecule has 4 bridgehead atoms. The second-order valence-electron chi connectivity index (χ2n) is 12.4. The molecule has 0 aromatic heterocycles. The van der Waals surface area contributed by atoms with Crippen LogP contribution in [0.5, 0.6) is 0 Å². The number of nitrogens with one attached hydrogen (secondary N) is 4. The van der Waals surface area contributed by atoms with Gasteiger partial charge in [-0.3, -0.25) is 32.7 Å². The number of nitrogens with two attached hydrogens (primary N) is 2. The van der Waals surface area contributed by atoms with Crippen LogP contribution in [0.2, 0.25) is 0 Å². The van der Waals surface area contributed by atoms with Crippen LogP contribution in [0.25, 0.3) is 0 Å². The summed E-state index contributed by atoms with van der Waals surface area (Å²) in [5.41, 5.74) is 15.4. The summed E-state index contributed by atoms with van der Waals surface area (Å²) in [6, 6.07) is 0. The lowest BCUT2D eigenvalue weighted by Gasteiger charge is -2.30. The fourth-order valence-corrected chi connectivity index (χ4v) is 6.44. The molecule has 1 heterocycles. The number of fused-ring (bicyclic) bond motifs is 2. The summed E-state index contributed by atoms with van der Waals surface area (Å²) < 4.78 is 23.3. The van der Waals surface area contributed by atoms with E-state index in [2.05, 4.69) is 33.4 Å². The highest BCUT2D eigenvalue weighted by Crippen LogP contribution is 2.32. The molecular formula is C34H46N6O8. The van der Waals surface area contributed by atoms with Gasteiger partial charge in [0.25, 0.3) is 0 Å². The van der Waals surface area contributed by atoms with Gasteiger partial charge in [0.1, 0.15) is 24.4 Å². The van der Waals surface area contributed by atoms with Crippen LogP contribution >= 0.6 is 0 Å². The van der Waals surface area contributed by atoms with Crippen molar-refractivity contribution in [2.45, 2.75) is 114 Å². The van der Waals surface area contributed by atoms with Crippen molar-refractivity contribution >= 4 is 24.4 Å². The minimum atomic E-state index is -1.29. The number of hydrogen-bond acceptors (Lipinski definition) is 10. The van der Waals surface area contributed by atoms with E-state index in [1.165, 1.54) is 0 Å². The molecule has 8 N–H and O–H groups in total. The third-order valence-electron chi connectivity index (χ3n) is 8.73. The van der Waals surface area contributed by atoms with E-state index in [0.717, 1.165) is 48.0 Å². The van der Waals surface area contributed by atoms with Gasteiger partial charge in [-0.2, -0.15) is 0 Å². The van der Waals surface area contributed by atoms with Crippen LogP contribution < -0.4 is 32.7 Å². The number of hydrogen-bond donors (Lipinski definition) is 6. The summed E-state index contributed by atoms with van der Waals surface area (Å²) in [6.45, 7) is 0. The molecule has 0 saturated carbocycles. The van der Waals surface area contributed by atoms with Crippen molar-refractivity contribution in [2.75, 3.05) is 0 Å². The highest BCUT2D eigenvalue weighted by atomic mass is 16.6. The molecule has 260 valence electrons. The van der Waals surface area contributed by atoms with Gasteiger partial charge in [0.05, 0.1) is 0 Å². The van der Waals surface area contributed by atoms with Crippen molar-refractivity contribution < 1.29 is 38.1 Å². The van der Waals surface area contributed by atoms with E-state index in [9.17, 15) is 19.2 Å². The lowest BCUT2D eigenvalue weighted by atomic mass is 9.88. The molecule has 0 radical (unpaired) electrons. The summed E-state index contributed by atoms with van der Waals surface area (Å²) in [7, 11) is 0. The third kappa shape index (κ3) is 10.2. The van der Waals surface area contributed by atoms with Crippen LogP contribution in [0.4, 0.5) is 19.2 Å². The van der Waals surface area contributed by atoms with Gasteiger partial charge in [-0.25, -0.2) is 19.2 Å². The summed E-state index contributed by atoms with van der Waals surface area (Å²) in [4.78, 5) is 52.1. The number of amides is 4. The Bertz CT molecular complexity index is 1290. The molecule has 14 heteroatoms. The average Bonchev–Trinajstić information content (AvgIpc) is 2.98. The number of carbonyl (C=O) groups is 4. The monoisotopic (exact) mass is 666 g/mol. The Morgan fingerprint density at radius 2 is 0.854 bits per heavy atom. The van der Waals surface area contributed by atoms with E-state index < -0.39 is 61.4 Å². The van der Waals surface area contributed by atoms with Crippen molar-refractivity contribution in [3.05, 3.63) is 70.9 Å². The fourth-order valence-electron chi connectivity index (χ4n) is 6.44. The molecule has 6 unspecified atom stereocenters. The van der Waals surface area contributed by atoms with Crippen molar-refractivity contribution in [1.29, 1.82) is 0 Å². The fraction of sp³-hybridized carbons (Fsp3) is 0.529. The molecule has 4 aliphatic carbocycles. The predicted molar refractivity (Wildman–Crippen MR) is 176 cm³/mol. The molecule has 1 saturated heterocycles. The van der Waals surface area contributed by atoms with Crippen molar-refractivity contribution in [3.8, 4) is 0 Å². The molecule has 0 aromatic carbocycles. The lowest BCUT2D eigenvalue weighted by molar-refractivity contribution is 0.0663. The zero-order valence-corrected chi connectivity index (χ0v) is 27.0. The number of carbonyl (C=O) groups excluding carboxylic acids is 4. The van der Waals surface area contributed by atoms with E-state index >= 15 is 0 Å². The standard InChI is InChI=1S/C34H46N6O8/c35-29-37-32(42)46-24-16-10-8-14-22-12-4-2-6-18-28(26(22)20-24)48-34(44)40-30(36)38-31(41)45-23-15-9-7-13-21-11-3-1-5-17-27(25(21)19-23)47-33(43)39-29/h3-4,7-8,11-14,23-24,27-30H,1-2,5-6,9-10,15-20,35-36H2,(H,37,42)(H,38,41)(H,39,43)(H,40,44). The second-order valence-corrected chi connectivity index (χ2v) is 12.4. The van der Waals surface area contributed by atoms with E-state index in [4.69, 9.17) is 30.4 Å². The van der Waals surface area contributed by atoms with Gasteiger partial charge >= 0.3 is 24.4 Å². The molecule has 48 heavy (non-hydrogen) atoms. The first-order chi connectivity index (χ1) is 23.2. The summed E-state index contributed by atoms with van der Waals surface area (Å²) in [6.07, 6.45) is 14.7. The average molecular weight is 667 g/mol. The number of allylic oxidation sites excluding steroid dienone is 10. The van der Waals surface area contributed by atoms with Crippen LogP contribution in [0.3, 0.4) is 0 Å². The van der Waals surface area contributed by atoms with Crippen molar-refractivity contribution in [1.82, 2.24) is 21.3 Å². The Balaban J connectivity index is 1.41. The van der Waals surface area contributed by atoms with Gasteiger partial charge in [0, 0.05) is 12.8 Å². The minimum Gasteiger partial charge on any atom is -0.446 e. The van der Waals surface area contributed by atoms with E-state index in [1.54, 1.807) is 0 Å². The quantitative estimate of drug-likeness (QED) is 0.201. The highest BCUT2D eigenvalue weighted by Gasteiger charge is 2.31. The molecule has 1 fully saturated rings. The third-order valence-corrected chi connectivity index (χ3v) is 8.73. The molecule has 6 atom stereocenters. The van der Waals surface area contributed by atoms with Crippen molar-refractivity contribution in [3.63, 3.8) is 0 Å². The second kappa shape index (κ2) is 17.0. The summed E-state index contributed by atoms with van der Waals surface area (Å²) >= 11 is 0. The number of rotatable bonds is 0. The van der Waals surface area contributed by atoms with Gasteiger partial charge in [-0.15, -0.1) is 0 Å². The maximum Gasteiger partial charge on any atom is 0.410 e. The Kier molecular flexibility index (Phi) is 12.3. The number of ether oxygens (including phenoxy) is 4. The topological polar surface area (TPSA) is 205 Å². The van der Waals surface area contributed by atoms with E-state index in [-0.39, 0.29) is 0 Å². The summed E-state index contributed by atoms with van der Waals surface area (Å²) in [5.74, 6) is 0. The maximum absolute atomic E-state index is 13.1. The van der Waals surface area contributed by atoms with E-state index in [1.807, 2.05) is 36.5 Å². The first kappa shape index (κ1) is 34.8. The van der Waals surface area contributed by atoms with Gasteiger partial charge in [-0.05, 0) is 86.5 Å². The van der Waals surface area contributed by atoms with Gasteiger partial charge in [0.2, 0.25) is 0 Å². The molecule has 0 aromatic rings. The number of alkyl carbamates (subject to hydrolysis) is 4. The molecule has 1 aliphatic heterocycles. The van der Waals surface area contributed by atoms with Crippen LogP contribution in [-0.4, -0.2) is 61.4 Å². The maximum atomic E-state index is 13.1. The predicted octanol–water partition coefficient (Wildman–Crippen LogP) is 4.42. The normalized spacial score (nSPS) is 31.1. The van der Waals surface area contributed by atoms with Crippen LogP contribution in [0.15, 0.2) is 70.9 Å². The lowest BCUT2D eigenvalue weighted by Crippen LogP contribution is -2.55. The Hall–Kier alpha value is -4.56. The van der Waals surface area contributed by atoms with Gasteiger partial charge in [-0.1, -0.05) is 48.6 Å². The molecule has 14 nitrogen and oxygen atoms in total. The Labute approximate surface area is 280 Å². The van der Waals surface area contributed by atoms with E-state index in [0.29, 0.717) is 51.4 Å². The highest BCUT2D eigenvalue weighted by molar-refractivity contribution is 5.72. The van der Waals surface area contributed by atoms with Gasteiger partial charge < -0.3 is 18.9 Å². The minimum absolute atomic E-state index is 0.292. The molecule has 0 spiro atoms. The van der Waals surface area contributed by atoms with Gasteiger partial charge in [0.15, 0.2) is 12.6 Å². The zero-order valence-electron chi connectivity index (χ0n) is 27.0. The summed E-state index contributed by atoms with van der Waals surface area (Å²) in [5, 5.41) is 9.88. The smallest absolute Gasteiger partial charge is 0.410 e. The Morgan fingerprint density at radius 1 is 0.500 bits per heavy atom. The molecule has 4 amide bonds. The molecule has 5 rings (SSSR count). The zero-order chi connectivity index (χ0) is 33.9. The first-order valence-electron chi connectivity index (χ1n) is 16.8. The first-order valence-corrected chi connectivity index (χ1v) is 16.8. The Morgan fingerprint density at radius 3 is 1.25 bits per heavy atom. The van der Waals surface area contributed by atoms with Crippen LogP contribution in [0, 0.1) is 0 Å². The van der Waals surface area contributed by atoms with Crippen LogP contribution in [-0.2, 0) is 18.9 Å². The molecule has 5 aliphatic rings. The largest absolute Gasteiger partial charge is 0.446 e.